The van der Waals surface area contributed by atoms with Crippen LogP contribution in [0.2, 0.25) is 0 Å². The highest BCUT2D eigenvalue weighted by molar-refractivity contribution is 8.14. The van der Waals surface area contributed by atoms with Crippen molar-refractivity contribution in [3.63, 3.8) is 0 Å². The second-order valence-electron chi connectivity index (χ2n) is 11.2. The van der Waals surface area contributed by atoms with Crippen molar-refractivity contribution in [3.05, 3.63) is 24.2 Å². The van der Waals surface area contributed by atoms with Gasteiger partial charge in [0.25, 0.3) is 0 Å². The van der Waals surface area contributed by atoms with Crippen LogP contribution in [0.4, 0.5) is 5.82 Å². The Morgan fingerprint density at radius 1 is 1.03 bits per heavy atom. The molecule has 14 heteroatoms. The Labute approximate surface area is 238 Å². The number of hydrogen-bond acceptors (Lipinski definition) is 12. The lowest BCUT2D eigenvalue weighted by Gasteiger charge is -2.21. The molecule has 0 saturated carbocycles. The molecule has 0 bridgehead atoms. The predicted octanol–water partition coefficient (Wildman–Crippen LogP) is 5.30. The van der Waals surface area contributed by atoms with E-state index in [9.17, 15) is 14.2 Å². The fraction of sp³-hybridized carbons (Fsp3) is 0.680. The van der Waals surface area contributed by atoms with Gasteiger partial charge in [0.05, 0.1) is 31.6 Å². The number of thioether (sulfide) groups is 2. The van der Waals surface area contributed by atoms with Crippen molar-refractivity contribution in [2.45, 2.75) is 66.6 Å². The van der Waals surface area contributed by atoms with Gasteiger partial charge in [-0.25, -0.2) is 14.1 Å². The van der Waals surface area contributed by atoms with Crippen molar-refractivity contribution in [1.29, 1.82) is 0 Å². The van der Waals surface area contributed by atoms with Crippen LogP contribution in [0.3, 0.4) is 0 Å². The van der Waals surface area contributed by atoms with Crippen LogP contribution in [-0.4, -0.2) is 62.3 Å². The second-order valence-corrected chi connectivity index (χ2v) is 15.0. The van der Waals surface area contributed by atoms with E-state index in [0.717, 1.165) is 29.2 Å². The predicted molar refractivity (Wildman–Crippen MR) is 154 cm³/mol. The van der Waals surface area contributed by atoms with Crippen LogP contribution >= 0.6 is 31.3 Å². The Balaban J connectivity index is 1.55. The molecule has 0 aliphatic carbocycles. The number of aromatic nitrogens is 3. The molecule has 1 aliphatic rings. The summed E-state index contributed by atoms with van der Waals surface area (Å²) in [7, 11) is -3.97. The molecule has 2 atom stereocenters. The number of nitrogens with two attached hydrogens (primary N) is 1. The van der Waals surface area contributed by atoms with Gasteiger partial charge in [0.15, 0.2) is 16.0 Å². The number of hydrogen-bond donors (Lipinski definition) is 1. The molecule has 1 aliphatic heterocycles. The average Bonchev–Trinajstić information content (AvgIpc) is 3.49. The number of fused-ring (bicyclic) bond motifs is 1. The number of phosphoric acid groups is 1. The summed E-state index contributed by atoms with van der Waals surface area (Å²) in [5, 5.41) is 4.29. The van der Waals surface area contributed by atoms with E-state index in [4.69, 9.17) is 24.0 Å². The van der Waals surface area contributed by atoms with E-state index < -0.39 is 18.7 Å². The first-order valence-corrected chi connectivity index (χ1v) is 16.2. The van der Waals surface area contributed by atoms with Crippen LogP contribution < -0.4 is 5.73 Å². The van der Waals surface area contributed by atoms with Crippen LogP contribution in [0, 0.1) is 10.8 Å². The number of phosphoric ester groups is 1. The van der Waals surface area contributed by atoms with E-state index in [0.29, 0.717) is 35.7 Å². The third-order valence-corrected chi connectivity index (χ3v) is 9.68. The molecule has 2 aromatic rings. The van der Waals surface area contributed by atoms with Gasteiger partial charge in [-0.05, 0) is 25.0 Å². The van der Waals surface area contributed by atoms with Gasteiger partial charge in [0.1, 0.15) is 17.9 Å². The first kappa shape index (κ1) is 32.0. The summed E-state index contributed by atoms with van der Waals surface area (Å²) in [4.78, 5) is 28.4. The fourth-order valence-electron chi connectivity index (χ4n) is 3.55. The minimum Gasteiger partial charge on any atom is -0.382 e. The minimum absolute atomic E-state index is 0.00322. The lowest BCUT2D eigenvalue weighted by molar-refractivity contribution is -0.118. The maximum atomic E-state index is 13.4. The topological polar surface area (TPSA) is 144 Å². The average molecular weight is 603 g/mol. The molecular weight excluding hydrogens is 563 g/mol. The third-order valence-electron chi connectivity index (χ3n) is 5.72. The van der Waals surface area contributed by atoms with Gasteiger partial charge >= 0.3 is 7.82 Å². The monoisotopic (exact) mass is 602 g/mol. The van der Waals surface area contributed by atoms with Gasteiger partial charge in [-0.15, -0.1) is 0 Å². The van der Waals surface area contributed by atoms with Gasteiger partial charge in [0.2, 0.25) is 0 Å². The third kappa shape index (κ3) is 9.27. The molecule has 2 N–H and O–H groups in total. The van der Waals surface area contributed by atoms with E-state index in [2.05, 4.69) is 10.1 Å². The number of carbonyl (C=O) groups excluding carboxylic acids is 2. The van der Waals surface area contributed by atoms with Gasteiger partial charge in [-0.3, -0.25) is 23.2 Å². The number of nitrogen functional groups attached to an aromatic ring is 1. The molecule has 0 amide bonds. The Hall–Kier alpha value is -1.47. The van der Waals surface area contributed by atoms with E-state index in [1.807, 2.05) is 53.7 Å². The first-order valence-electron chi connectivity index (χ1n) is 12.8. The lowest BCUT2D eigenvalue weighted by Crippen LogP contribution is -2.19. The molecule has 2 unspecified atom stereocenters. The number of nitrogens with zero attached hydrogens (tertiary/aromatic N) is 3. The molecule has 218 valence electrons. The number of rotatable bonds is 12. The van der Waals surface area contributed by atoms with Crippen LogP contribution in [0.15, 0.2) is 18.5 Å². The zero-order chi connectivity index (χ0) is 28.8. The molecule has 11 nitrogen and oxygen atoms in total. The first-order chi connectivity index (χ1) is 18.2. The van der Waals surface area contributed by atoms with Crippen molar-refractivity contribution in [2.75, 3.05) is 37.1 Å². The minimum atomic E-state index is -3.97. The van der Waals surface area contributed by atoms with Gasteiger partial charge in [0, 0.05) is 22.3 Å². The second kappa shape index (κ2) is 13.5. The molecular formula is C25H39N4O7PS2. The molecule has 1 fully saturated rings. The smallest absolute Gasteiger partial charge is 0.382 e. The summed E-state index contributed by atoms with van der Waals surface area (Å²) in [6, 6.07) is 3.75. The zero-order valence-corrected chi connectivity index (χ0v) is 25.9. The number of ether oxygens (including phenoxy) is 1. The van der Waals surface area contributed by atoms with E-state index >= 15 is 0 Å². The Kier molecular flexibility index (Phi) is 11.1. The molecule has 39 heavy (non-hydrogen) atoms. The van der Waals surface area contributed by atoms with E-state index in [1.165, 1.54) is 6.33 Å². The summed E-state index contributed by atoms with van der Waals surface area (Å²) in [6.07, 6.45) is 2.20. The highest BCUT2D eigenvalue weighted by Gasteiger charge is 2.34. The molecule has 0 spiro atoms. The molecule has 0 aromatic carbocycles. The molecule has 3 rings (SSSR count). The zero-order valence-electron chi connectivity index (χ0n) is 23.4. The summed E-state index contributed by atoms with van der Waals surface area (Å²) in [5.41, 5.74) is 6.50. The molecule has 3 heterocycles. The van der Waals surface area contributed by atoms with Gasteiger partial charge in [-0.2, -0.15) is 5.10 Å². The van der Waals surface area contributed by atoms with Crippen molar-refractivity contribution in [2.24, 2.45) is 10.8 Å². The molecule has 2 aromatic heterocycles. The summed E-state index contributed by atoms with van der Waals surface area (Å²) >= 11 is 2.22. The van der Waals surface area contributed by atoms with Crippen LogP contribution in [0.1, 0.15) is 66.2 Å². The Morgan fingerprint density at radius 3 is 2.18 bits per heavy atom. The summed E-state index contributed by atoms with van der Waals surface area (Å²) in [6.45, 7) is 11.0. The quantitative estimate of drug-likeness (QED) is 0.248. The summed E-state index contributed by atoms with van der Waals surface area (Å²) in [5.74, 6) is 0.991. The van der Waals surface area contributed by atoms with Crippen LogP contribution in [0.25, 0.3) is 5.52 Å². The van der Waals surface area contributed by atoms with E-state index in [1.54, 1.807) is 4.52 Å². The Bertz CT molecular complexity index is 1160. The standard InChI is InChI=1S/C25H39N4O7PS2/c1-24(2,3)22(30)38-13-11-33-37(32,34-12-14-39-23(31)25(4,5)6)35-15-17-7-10-20(36-17)18-8-9-19-21(26)27-16-28-29(18)19/h8-9,16-17,20H,7,10-15H2,1-6H3,(H2,26,27,28). The largest absolute Gasteiger partial charge is 0.474 e. The van der Waals surface area contributed by atoms with Crippen molar-refractivity contribution in [3.8, 4) is 0 Å². The van der Waals surface area contributed by atoms with Crippen molar-refractivity contribution >= 4 is 52.9 Å². The van der Waals surface area contributed by atoms with Crippen LogP contribution in [0.5, 0.6) is 0 Å². The number of anilines is 1. The molecule has 0 radical (unpaired) electrons. The van der Waals surface area contributed by atoms with Crippen molar-refractivity contribution in [1.82, 2.24) is 14.6 Å². The fourth-order valence-corrected chi connectivity index (χ4v) is 6.57. The van der Waals surface area contributed by atoms with Gasteiger partial charge in [-0.1, -0.05) is 65.1 Å². The normalized spacial score (nSPS) is 18.6. The van der Waals surface area contributed by atoms with Gasteiger partial charge < -0.3 is 10.5 Å². The van der Waals surface area contributed by atoms with Crippen LogP contribution in [-0.2, 0) is 32.5 Å². The number of carbonyl (C=O) groups is 2. The maximum Gasteiger partial charge on any atom is 0.474 e. The maximum absolute atomic E-state index is 13.4. The van der Waals surface area contributed by atoms with E-state index in [-0.39, 0.29) is 42.3 Å². The highest BCUT2D eigenvalue weighted by Crippen LogP contribution is 2.50. The SMILES string of the molecule is CC(C)(C)C(=O)SCCOP(=O)(OCCSC(=O)C(C)(C)C)OCC1CCC(c2ccc3c(N)ncnn23)O1. The Morgan fingerprint density at radius 2 is 1.62 bits per heavy atom. The highest BCUT2D eigenvalue weighted by atomic mass is 32.2. The summed E-state index contributed by atoms with van der Waals surface area (Å²) < 4.78 is 38.1. The van der Waals surface area contributed by atoms with Crippen molar-refractivity contribution < 1.29 is 32.5 Å². The molecule has 1 saturated heterocycles. The lowest BCUT2D eigenvalue weighted by atomic mass is 9.99.